The van der Waals surface area contributed by atoms with Crippen molar-refractivity contribution >= 4 is 29.4 Å². The minimum atomic E-state index is -1.16. The molecule has 0 unspecified atom stereocenters. The number of amides is 3. The molecule has 1 heterocycles. The number of carbonyl (C=O) groups excluding carboxylic acids is 4. The summed E-state index contributed by atoms with van der Waals surface area (Å²) < 4.78 is 10.4. The summed E-state index contributed by atoms with van der Waals surface area (Å²) in [6.45, 7) is 0.905. The Balaban J connectivity index is 1.21. The standard InChI is InChI=1S/C30H26N2O6/c1-16(30(36)38-15-23(33)31-21-13-7-8-14-22(21)37-2)32-28(34)26-24-17-9-3-4-10-18(17)25(27(26)29(32)35)20-12-6-5-11-19(20)24/h3-14,16,24-27H,15H2,1-2H3,(H,31,33)/t16-,24?,25?,26-,27-/m0/s1. The molecule has 8 nitrogen and oxygen atoms in total. The van der Waals surface area contributed by atoms with Crippen molar-refractivity contribution in [1.29, 1.82) is 0 Å². The number of methoxy groups -OCH3 is 1. The molecular formula is C30H26N2O6. The molecule has 7 rings (SSSR count). The molecule has 1 saturated heterocycles. The SMILES string of the molecule is COc1ccccc1NC(=O)COC(=O)[C@H](C)N1C(=O)[C@H]2C3c4ccccc4C(c4ccccc43)[C@@H]2C1=O. The van der Waals surface area contributed by atoms with Gasteiger partial charge in [-0.15, -0.1) is 0 Å². The Bertz CT molecular complexity index is 1370. The molecule has 3 aromatic rings. The van der Waals surface area contributed by atoms with Crippen molar-refractivity contribution in [3.63, 3.8) is 0 Å². The summed E-state index contributed by atoms with van der Waals surface area (Å²) in [5.74, 6) is -3.34. The summed E-state index contributed by atoms with van der Waals surface area (Å²) >= 11 is 0. The quantitative estimate of drug-likeness (QED) is 0.403. The minimum absolute atomic E-state index is 0.256. The van der Waals surface area contributed by atoms with E-state index < -0.39 is 36.4 Å². The Morgan fingerprint density at radius 3 is 1.79 bits per heavy atom. The Kier molecular flexibility index (Phi) is 5.75. The van der Waals surface area contributed by atoms with Crippen LogP contribution in [0.3, 0.4) is 0 Å². The summed E-state index contributed by atoms with van der Waals surface area (Å²) in [7, 11) is 1.48. The van der Waals surface area contributed by atoms with Gasteiger partial charge in [-0.25, -0.2) is 4.79 Å². The first-order valence-corrected chi connectivity index (χ1v) is 12.6. The fourth-order valence-corrected chi connectivity index (χ4v) is 6.38. The van der Waals surface area contributed by atoms with Crippen LogP contribution in [0.25, 0.3) is 0 Å². The lowest BCUT2D eigenvalue weighted by atomic mass is 9.55. The second-order valence-corrected chi connectivity index (χ2v) is 9.84. The number of rotatable bonds is 6. The molecule has 3 aliphatic carbocycles. The molecular weight excluding hydrogens is 484 g/mol. The first kappa shape index (κ1) is 23.9. The van der Waals surface area contributed by atoms with Crippen molar-refractivity contribution < 1.29 is 28.7 Å². The first-order chi connectivity index (χ1) is 18.4. The van der Waals surface area contributed by atoms with Crippen molar-refractivity contribution in [3.8, 4) is 5.75 Å². The van der Waals surface area contributed by atoms with Crippen LogP contribution in [0.2, 0.25) is 0 Å². The van der Waals surface area contributed by atoms with Crippen LogP contribution < -0.4 is 10.1 Å². The Labute approximate surface area is 219 Å². The smallest absolute Gasteiger partial charge is 0.329 e. The molecule has 3 aromatic carbocycles. The van der Waals surface area contributed by atoms with E-state index in [1.807, 2.05) is 48.5 Å². The van der Waals surface area contributed by atoms with Crippen LogP contribution in [0.1, 0.15) is 41.0 Å². The average molecular weight is 511 g/mol. The minimum Gasteiger partial charge on any atom is -0.495 e. The zero-order valence-electron chi connectivity index (χ0n) is 20.9. The highest BCUT2D eigenvalue weighted by Gasteiger charge is 2.62. The van der Waals surface area contributed by atoms with Crippen LogP contribution >= 0.6 is 0 Å². The number of hydrogen-bond acceptors (Lipinski definition) is 6. The number of nitrogens with one attached hydrogen (secondary N) is 1. The number of anilines is 1. The fraction of sp³-hybridized carbons (Fsp3) is 0.267. The van der Waals surface area contributed by atoms with Gasteiger partial charge in [0.05, 0.1) is 24.6 Å². The number of hydrogen-bond donors (Lipinski definition) is 1. The van der Waals surface area contributed by atoms with Crippen LogP contribution in [0, 0.1) is 11.8 Å². The molecule has 4 aliphatic rings. The van der Waals surface area contributed by atoms with Crippen molar-refractivity contribution in [2.75, 3.05) is 19.0 Å². The summed E-state index contributed by atoms with van der Waals surface area (Å²) in [6, 6.07) is 21.6. The van der Waals surface area contributed by atoms with E-state index in [1.54, 1.807) is 24.3 Å². The van der Waals surface area contributed by atoms with Crippen molar-refractivity contribution in [3.05, 3.63) is 95.1 Å². The summed E-state index contributed by atoms with van der Waals surface area (Å²) in [4.78, 5) is 53.9. The Morgan fingerprint density at radius 1 is 0.816 bits per heavy atom. The lowest BCUT2D eigenvalue weighted by Gasteiger charge is -2.45. The highest BCUT2D eigenvalue weighted by atomic mass is 16.5. The van der Waals surface area contributed by atoms with Gasteiger partial charge in [0.15, 0.2) is 6.61 Å². The molecule has 0 aromatic heterocycles. The number of ether oxygens (including phenoxy) is 2. The van der Waals surface area contributed by atoms with Crippen molar-refractivity contribution in [2.24, 2.45) is 11.8 Å². The molecule has 1 N–H and O–H groups in total. The normalized spacial score (nSPS) is 23.3. The predicted octanol–water partition coefficient (Wildman–Crippen LogP) is 3.46. The molecule has 0 radical (unpaired) electrons. The second kappa shape index (κ2) is 9.13. The number of imide groups is 1. The van der Waals surface area contributed by atoms with Gasteiger partial charge in [0.2, 0.25) is 11.8 Å². The molecule has 8 heteroatoms. The second-order valence-electron chi connectivity index (χ2n) is 9.84. The first-order valence-electron chi connectivity index (χ1n) is 12.6. The lowest BCUT2D eigenvalue weighted by molar-refractivity contribution is -0.159. The number of nitrogens with zero attached hydrogens (tertiary/aromatic N) is 1. The Morgan fingerprint density at radius 2 is 1.29 bits per heavy atom. The van der Waals surface area contributed by atoms with Crippen molar-refractivity contribution in [1.82, 2.24) is 4.90 Å². The van der Waals surface area contributed by atoms with Gasteiger partial charge < -0.3 is 14.8 Å². The van der Waals surface area contributed by atoms with E-state index in [0.717, 1.165) is 27.2 Å². The van der Waals surface area contributed by atoms with E-state index in [0.29, 0.717) is 11.4 Å². The number of esters is 1. The molecule has 3 amide bonds. The molecule has 1 fully saturated rings. The van der Waals surface area contributed by atoms with Gasteiger partial charge in [-0.2, -0.15) is 0 Å². The number of carbonyl (C=O) groups is 4. The molecule has 3 atom stereocenters. The number of benzene rings is 3. The molecule has 0 saturated carbocycles. The van der Waals surface area contributed by atoms with Gasteiger partial charge >= 0.3 is 5.97 Å². The van der Waals surface area contributed by atoms with Gasteiger partial charge in [0.25, 0.3) is 5.91 Å². The van der Waals surface area contributed by atoms with Crippen LogP contribution in [-0.4, -0.2) is 48.3 Å². The topological polar surface area (TPSA) is 102 Å². The lowest BCUT2D eigenvalue weighted by Crippen LogP contribution is -2.45. The third-order valence-electron chi connectivity index (χ3n) is 7.94. The molecule has 192 valence electrons. The van der Waals surface area contributed by atoms with Crippen LogP contribution in [0.4, 0.5) is 5.69 Å². The monoisotopic (exact) mass is 510 g/mol. The maximum Gasteiger partial charge on any atom is 0.329 e. The molecule has 38 heavy (non-hydrogen) atoms. The average Bonchev–Trinajstić information content (AvgIpc) is 3.21. The zero-order valence-corrected chi connectivity index (χ0v) is 20.9. The van der Waals surface area contributed by atoms with E-state index in [-0.39, 0.29) is 23.7 Å². The van der Waals surface area contributed by atoms with Gasteiger partial charge in [0, 0.05) is 11.8 Å². The Hall–Kier alpha value is -4.46. The highest BCUT2D eigenvalue weighted by Crippen LogP contribution is 2.61. The highest BCUT2D eigenvalue weighted by molar-refractivity contribution is 6.10. The molecule has 1 aliphatic heterocycles. The summed E-state index contributed by atoms with van der Waals surface area (Å²) in [5, 5.41) is 2.63. The van der Waals surface area contributed by atoms with Gasteiger partial charge in [-0.05, 0) is 41.3 Å². The van der Waals surface area contributed by atoms with Gasteiger partial charge in [-0.1, -0.05) is 60.7 Å². The zero-order chi connectivity index (χ0) is 26.6. The number of para-hydroxylation sites is 2. The number of likely N-dealkylation sites (tertiary alicyclic amines) is 1. The fourth-order valence-electron chi connectivity index (χ4n) is 6.38. The maximum atomic E-state index is 13.8. The third kappa shape index (κ3) is 3.51. The largest absolute Gasteiger partial charge is 0.495 e. The third-order valence-corrected chi connectivity index (χ3v) is 7.94. The van der Waals surface area contributed by atoms with Crippen LogP contribution in [0.5, 0.6) is 5.75 Å². The predicted molar refractivity (Wildman–Crippen MR) is 137 cm³/mol. The summed E-state index contributed by atoms with van der Waals surface area (Å²) in [5.41, 5.74) is 4.67. The molecule has 2 bridgehead atoms. The van der Waals surface area contributed by atoms with Crippen LogP contribution in [-0.2, 0) is 23.9 Å². The molecule has 0 spiro atoms. The van der Waals surface area contributed by atoms with E-state index >= 15 is 0 Å². The van der Waals surface area contributed by atoms with E-state index in [4.69, 9.17) is 9.47 Å². The maximum absolute atomic E-state index is 13.8. The van der Waals surface area contributed by atoms with E-state index in [2.05, 4.69) is 5.32 Å². The van der Waals surface area contributed by atoms with E-state index in [1.165, 1.54) is 14.0 Å². The summed E-state index contributed by atoms with van der Waals surface area (Å²) in [6.07, 6.45) is 0. The van der Waals surface area contributed by atoms with E-state index in [9.17, 15) is 19.2 Å². The van der Waals surface area contributed by atoms with Crippen molar-refractivity contribution in [2.45, 2.75) is 24.8 Å². The van der Waals surface area contributed by atoms with Crippen LogP contribution in [0.15, 0.2) is 72.8 Å². The van der Waals surface area contributed by atoms with Gasteiger partial charge in [-0.3, -0.25) is 19.3 Å². The van der Waals surface area contributed by atoms with Gasteiger partial charge in [0.1, 0.15) is 11.8 Å².